The summed E-state index contributed by atoms with van der Waals surface area (Å²) >= 11 is 7.29. The van der Waals surface area contributed by atoms with Gasteiger partial charge in [0.05, 0.1) is 31.1 Å². The van der Waals surface area contributed by atoms with Gasteiger partial charge in [-0.1, -0.05) is 12.1 Å². The van der Waals surface area contributed by atoms with Crippen molar-refractivity contribution in [3.8, 4) is 0 Å². The van der Waals surface area contributed by atoms with Crippen LogP contribution in [0.4, 0.5) is 10.1 Å². The smallest absolute Gasteiger partial charge is 0.173 e. The van der Waals surface area contributed by atoms with Gasteiger partial charge >= 0.3 is 0 Å². The van der Waals surface area contributed by atoms with Crippen LogP contribution < -0.4 is 10.2 Å². The second-order valence-corrected chi connectivity index (χ2v) is 7.31. The number of quaternary nitrogens is 1. The molecule has 1 aromatic heterocycles. The van der Waals surface area contributed by atoms with Crippen molar-refractivity contribution < 1.29 is 9.29 Å². The van der Waals surface area contributed by atoms with E-state index < -0.39 is 0 Å². The second kappa shape index (κ2) is 7.38. The SMILES string of the molecule is Cc1ccc(NC(=S)N2CC[NH+](Cc3cccs3)CC2)cc1F. The summed E-state index contributed by atoms with van der Waals surface area (Å²) in [6.45, 7) is 6.85. The quantitative estimate of drug-likeness (QED) is 0.829. The van der Waals surface area contributed by atoms with Gasteiger partial charge in [-0.15, -0.1) is 11.3 Å². The fourth-order valence-corrected chi connectivity index (χ4v) is 3.81. The molecule has 3 nitrogen and oxygen atoms in total. The van der Waals surface area contributed by atoms with E-state index in [1.54, 1.807) is 17.9 Å². The molecule has 0 radical (unpaired) electrons. The summed E-state index contributed by atoms with van der Waals surface area (Å²) in [4.78, 5) is 5.20. The van der Waals surface area contributed by atoms with Crippen molar-refractivity contribution in [3.05, 3.63) is 52.0 Å². The third kappa shape index (κ3) is 4.28. The maximum absolute atomic E-state index is 13.6. The number of thiophene rings is 1. The Bertz CT molecular complexity index is 664. The number of hydrogen-bond donors (Lipinski definition) is 2. The van der Waals surface area contributed by atoms with Gasteiger partial charge in [0.15, 0.2) is 5.11 Å². The highest BCUT2D eigenvalue weighted by Gasteiger charge is 2.22. The average molecular weight is 351 g/mol. The molecule has 122 valence electrons. The molecule has 6 heteroatoms. The summed E-state index contributed by atoms with van der Waals surface area (Å²) in [6.07, 6.45) is 0. The number of nitrogens with zero attached hydrogens (tertiary/aromatic N) is 1. The molecule has 1 aliphatic heterocycles. The molecule has 0 unspecified atom stereocenters. The van der Waals surface area contributed by atoms with Gasteiger partial charge in [0.2, 0.25) is 0 Å². The van der Waals surface area contributed by atoms with Gasteiger partial charge in [-0.05, 0) is 48.3 Å². The van der Waals surface area contributed by atoms with Crippen LogP contribution in [0.2, 0.25) is 0 Å². The van der Waals surface area contributed by atoms with Crippen molar-refractivity contribution >= 4 is 34.4 Å². The molecule has 0 bridgehead atoms. The van der Waals surface area contributed by atoms with Crippen molar-refractivity contribution in [2.45, 2.75) is 13.5 Å². The van der Waals surface area contributed by atoms with Gasteiger partial charge in [0, 0.05) is 5.69 Å². The predicted octanol–water partition coefficient (Wildman–Crippen LogP) is 2.29. The van der Waals surface area contributed by atoms with Crippen molar-refractivity contribution in [2.24, 2.45) is 0 Å². The van der Waals surface area contributed by atoms with Crippen LogP contribution in [-0.4, -0.2) is 36.2 Å². The predicted molar refractivity (Wildman–Crippen MR) is 97.7 cm³/mol. The highest BCUT2D eigenvalue weighted by molar-refractivity contribution is 7.80. The molecule has 3 rings (SSSR count). The molecule has 0 saturated carbocycles. The molecule has 1 aliphatic rings. The number of anilines is 1. The van der Waals surface area contributed by atoms with E-state index >= 15 is 0 Å². The van der Waals surface area contributed by atoms with E-state index in [4.69, 9.17) is 12.2 Å². The van der Waals surface area contributed by atoms with Gasteiger partial charge in [-0.2, -0.15) is 0 Å². The molecule has 23 heavy (non-hydrogen) atoms. The highest BCUT2D eigenvalue weighted by atomic mass is 32.1. The number of aryl methyl sites for hydroxylation is 1. The highest BCUT2D eigenvalue weighted by Crippen LogP contribution is 2.14. The number of rotatable bonds is 3. The van der Waals surface area contributed by atoms with E-state index in [2.05, 4.69) is 27.7 Å². The molecule has 1 aromatic carbocycles. The summed E-state index contributed by atoms with van der Waals surface area (Å²) in [5, 5.41) is 5.96. The molecular weight excluding hydrogens is 329 g/mol. The lowest BCUT2D eigenvalue weighted by Crippen LogP contribution is -3.13. The number of nitrogens with one attached hydrogen (secondary N) is 2. The maximum Gasteiger partial charge on any atom is 0.173 e. The molecular formula is C17H21FN3S2+. The topological polar surface area (TPSA) is 19.7 Å². The zero-order valence-electron chi connectivity index (χ0n) is 13.1. The first-order chi connectivity index (χ1) is 11.1. The van der Waals surface area contributed by atoms with Crippen LogP contribution in [-0.2, 0) is 6.54 Å². The number of hydrogen-bond acceptors (Lipinski definition) is 2. The van der Waals surface area contributed by atoms with Gasteiger partial charge in [-0.25, -0.2) is 4.39 Å². The first-order valence-corrected chi connectivity index (χ1v) is 9.08. The molecule has 1 fully saturated rings. The summed E-state index contributed by atoms with van der Waals surface area (Å²) in [5.41, 5.74) is 1.36. The zero-order valence-corrected chi connectivity index (χ0v) is 14.8. The Morgan fingerprint density at radius 2 is 2.13 bits per heavy atom. The lowest BCUT2D eigenvalue weighted by Gasteiger charge is -2.33. The molecule has 2 N–H and O–H groups in total. The first-order valence-electron chi connectivity index (χ1n) is 7.80. The Morgan fingerprint density at radius 1 is 1.35 bits per heavy atom. The standard InChI is InChI=1S/C17H20FN3S2/c1-13-4-5-14(11-16(13)18)19-17(22)21-8-6-20(7-9-21)12-15-3-2-10-23-15/h2-5,10-11H,6-9,12H2,1H3,(H,19,22)/p+1. The Balaban J connectivity index is 1.50. The molecule has 2 heterocycles. The summed E-state index contributed by atoms with van der Waals surface area (Å²) < 4.78 is 13.6. The van der Waals surface area contributed by atoms with Crippen LogP contribution >= 0.6 is 23.6 Å². The summed E-state index contributed by atoms with van der Waals surface area (Å²) in [5.74, 6) is -0.206. The Hall–Kier alpha value is -1.50. The zero-order chi connectivity index (χ0) is 16.2. The van der Waals surface area contributed by atoms with E-state index in [0.717, 1.165) is 32.7 Å². The van der Waals surface area contributed by atoms with Gasteiger partial charge < -0.3 is 15.1 Å². The monoisotopic (exact) mass is 350 g/mol. The van der Waals surface area contributed by atoms with Crippen LogP contribution in [0.1, 0.15) is 10.4 Å². The molecule has 2 aromatic rings. The maximum atomic E-state index is 13.6. The minimum absolute atomic E-state index is 0.206. The third-order valence-electron chi connectivity index (χ3n) is 4.19. The van der Waals surface area contributed by atoms with Crippen LogP contribution in [0.25, 0.3) is 0 Å². The Kier molecular flexibility index (Phi) is 5.25. The number of benzene rings is 1. The van der Waals surface area contributed by atoms with E-state index in [1.165, 1.54) is 10.9 Å². The van der Waals surface area contributed by atoms with Gasteiger partial charge in [0.25, 0.3) is 0 Å². The first kappa shape index (κ1) is 16.4. The second-order valence-electron chi connectivity index (χ2n) is 5.89. The minimum atomic E-state index is -0.206. The molecule has 0 amide bonds. The molecule has 0 spiro atoms. The van der Waals surface area contributed by atoms with Crippen molar-refractivity contribution in [1.29, 1.82) is 0 Å². The van der Waals surface area contributed by atoms with E-state index in [9.17, 15) is 4.39 Å². The molecule has 0 aliphatic carbocycles. The number of halogens is 1. The van der Waals surface area contributed by atoms with Crippen molar-refractivity contribution in [1.82, 2.24) is 4.90 Å². The lowest BCUT2D eigenvalue weighted by molar-refractivity contribution is -0.917. The summed E-state index contributed by atoms with van der Waals surface area (Å²) in [6, 6.07) is 9.43. The Morgan fingerprint density at radius 3 is 2.78 bits per heavy atom. The molecule has 0 atom stereocenters. The van der Waals surface area contributed by atoms with Gasteiger partial charge in [0.1, 0.15) is 12.4 Å². The molecule has 1 saturated heterocycles. The normalized spacial score (nSPS) is 15.7. The van der Waals surface area contributed by atoms with Crippen molar-refractivity contribution in [3.63, 3.8) is 0 Å². The van der Waals surface area contributed by atoms with Crippen LogP contribution in [0.3, 0.4) is 0 Å². The number of thiocarbonyl (C=S) groups is 1. The van der Waals surface area contributed by atoms with Crippen LogP contribution in [0.15, 0.2) is 35.7 Å². The average Bonchev–Trinajstić information content (AvgIpc) is 3.04. The van der Waals surface area contributed by atoms with E-state index in [1.807, 2.05) is 17.4 Å². The van der Waals surface area contributed by atoms with Crippen molar-refractivity contribution in [2.75, 3.05) is 31.5 Å². The third-order valence-corrected chi connectivity index (χ3v) is 5.42. The minimum Gasteiger partial charge on any atom is -0.338 e. The van der Waals surface area contributed by atoms with E-state index in [-0.39, 0.29) is 5.82 Å². The number of piperazine rings is 1. The Labute approximate surface area is 145 Å². The van der Waals surface area contributed by atoms with Crippen LogP contribution in [0, 0.1) is 12.7 Å². The van der Waals surface area contributed by atoms with E-state index in [0.29, 0.717) is 16.4 Å². The largest absolute Gasteiger partial charge is 0.338 e. The van der Waals surface area contributed by atoms with Crippen LogP contribution in [0.5, 0.6) is 0 Å². The lowest BCUT2D eigenvalue weighted by atomic mass is 10.2. The fourth-order valence-electron chi connectivity index (χ4n) is 2.74. The van der Waals surface area contributed by atoms with Gasteiger partial charge in [-0.3, -0.25) is 0 Å². The summed E-state index contributed by atoms with van der Waals surface area (Å²) in [7, 11) is 0. The fraction of sp³-hybridized carbons (Fsp3) is 0.353.